The van der Waals surface area contributed by atoms with Crippen molar-refractivity contribution in [1.29, 1.82) is 0 Å². The Morgan fingerprint density at radius 1 is 1.08 bits per heavy atom. The van der Waals surface area contributed by atoms with E-state index in [9.17, 15) is 25.0 Å². The topological polar surface area (TPSA) is 179 Å². The number of imidazole rings is 1. The van der Waals surface area contributed by atoms with E-state index >= 15 is 0 Å². The molecule has 0 saturated heterocycles. The van der Waals surface area contributed by atoms with Crippen molar-refractivity contribution in [3.05, 3.63) is 42.3 Å². The average Bonchev–Trinajstić information content (AvgIpc) is 2.86. The Morgan fingerprint density at radius 2 is 1.71 bits per heavy atom. The number of hydrogen-bond acceptors (Lipinski definition) is 8. The van der Waals surface area contributed by atoms with Crippen molar-refractivity contribution < 1.29 is 20.1 Å². The lowest BCUT2D eigenvalue weighted by molar-refractivity contribution is -0.394. The lowest BCUT2D eigenvalue weighted by atomic mass is 10.1. The van der Waals surface area contributed by atoms with Crippen LogP contribution in [0.15, 0.2) is 10.9 Å². The van der Waals surface area contributed by atoms with Gasteiger partial charge in [0, 0.05) is 25.7 Å². The molecule has 0 amide bonds. The van der Waals surface area contributed by atoms with Crippen LogP contribution in [-0.4, -0.2) is 61.2 Å². The molecule has 0 fully saturated rings. The first-order valence-corrected chi connectivity index (χ1v) is 6.89. The normalized spacial score (nSPS) is 11.3. The molecule has 1 aromatic carbocycles. The summed E-state index contributed by atoms with van der Waals surface area (Å²) in [6.07, 6.45) is 0. The van der Waals surface area contributed by atoms with E-state index in [0.29, 0.717) is 0 Å². The van der Waals surface area contributed by atoms with Gasteiger partial charge in [0.2, 0.25) is 0 Å². The summed E-state index contributed by atoms with van der Waals surface area (Å²) in [5.74, 6) is 0. The summed E-state index contributed by atoms with van der Waals surface area (Å²) in [6, 6.07) is 1.05. The van der Waals surface area contributed by atoms with Gasteiger partial charge in [-0.1, -0.05) is 0 Å². The SMILES string of the molecule is O=c1[nH]c2cc([N+](=O)[O-])c(CN(CCO)CCO)c([N+](=O)[O-])c2[nH]1. The predicted octanol–water partition coefficient (Wildman–Crippen LogP) is -0.541. The number of rotatable bonds is 8. The number of aromatic nitrogens is 2. The highest BCUT2D eigenvalue weighted by Gasteiger charge is 2.31. The maximum Gasteiger partial charge on any atom is 0.324 e. The van der Waals surface area contributed by atoms with Crippen LogP contribution in [0.25, 0.3) is 11.0 Å². The zero-order valence-corrected chi connectivity index (χ0v) is 12.4. The molecule has 12 heteroatoms. The van der Waals surface area contributed by atoms with Gasteiger partial charge in [0.15, 0.2) is 0 Å². The molecule has 0 aliphatic rings. The number of fused-ring (bicyclic) bond motifs is 1. The molecule has 2 rings (SSSR count). The molecule has 2 aromatic rings. The molecular formula is C12H15N5O7. The zero-order chi connectivity index (χ0) is 17.9. The van der Waals surface area contributed by atoms with Crippen LogP contribution in [0, 0.1) is 20.2 Å². The predicted molar refractivity (Wildman–Crippen MR) is 81.7 cm³/mol. The number of aromatic amines is 2. The number of hydrogen-bond donors (Lipinski definition) is 4. The molecule has 24 heavy (non-hydrogen) atoms. The third kappa shape index (κ3) is 3.40. The molecule has 0 aliphatic carbocycles. The van der Waals surface area contributed by atoms with Crippen molar-refractivity contribution in [2.45, 2.75) is 6.54 Å². The van der Waals surface area contributed by atoms with E-state index in [1.165, 1.54) is 4.90 Å². The number of nitro groups is 2. The number of nitrogens with zero attached hydrogens (tertiary/aromatic N) is 3. The molecule has 130 valence electrons. The minimum Gasteiger partial charge on any atom is -0.395 e. The molecule has 1 heterocycles. The molecular weight excluding hydrogens is 326 g/mol. The van der Waals surface area contributed by atoms with Crippen LogP contribution in [0.5, 0.6) is 0 Å². The largest absolute Gasteiger partial charge is 0.395 e. The summed E-state index contributed by atoms with van der Waals surface area (Å²) < 4.78 is 0. The Bertz CT molecular complexity index is 821. The van der Waals surface area contributed by atoms with Gasteiger partial charge < -0.3 is 15.2 Å². The second-order valence-electron chi connectivity index (χ2n) is 4.96. The second kappa shape index (κ2) is 7.16. The van der Waals surface area contributed by atoms with E-state index in [1.807, 2.05) is 0 Å². The minimum atomic E-state index is -0.801. The lowest BCUT2D eigenvalue weighted by Crippen LogP contribution is -2.30. The van der Waals surface area contributed by atoms with Gasteiger partial charge in [-0.05, 0) is 0 Å². The van der Waals surface area contributed by atoms with Crippen molar-refractivity contribution in [1.82, 2.24) is 14.9 Å². The van der Waals surface area contributed by atoms with Crippen molar-refractivity contribution in [2.75, 3.05) is 26.3 Å². The Hall–Kier alpha value is -2.83. The molecule has 0 saturated carbocycles. The number of nitro benzene ring substituents is 2. The summed E-state index contributed by atoms with van der Waals surface area (Å²) >= 11 is 0. The number of aliphatic hydroxyl groups excluding tert-OH is 2. The molecule has 0 spiro atoms. The standard InChI is InChI=1S/C12H15N5O7/c18-3-1-15(2-4-19)6-7-9(16(21)22)5-8-10(11(7)17(23)24)14-12(20)13-8/h5,18-19H,1-4,6H2,(H2,13,14,20). The van der Waals surface area contributed by atoms with Crippen molar-refractivity contribution >= 4 is 22.4 Å². The Balaban J connectivity index is 2.69. The van der Waals surface area contributed by atoms with Gasteiger partial charge in [-0.2, -0.15) is 0 Å². The van der Waals surface area contributed by atoms with Crippen LogP contribution < -0.4 is 5.69 Å². The molecule has 0 radical (unpaired) electrons. The van der Waals surface area contributed by atoms with Gasteiger partial charge in [0.05, 0.1) is 28.6 Å². The van der Waals surface area contributed by atoms with Gasteiger partial charge in [-0.25, -0.2) is 4.79 Å². The molecule has 1 aromatic heterocycles. The van der Waals surface area contributed by atoms with Crippen LogP contribution in [-0.2, 0) is 6.54 Å². The van der Waals surface area contributed by atoms with Crippen molar-refractivity contribution in [2.24, 2.45) is 0 Å². The molecule has 4 N–H and O–H groups in total. The monoisotopic (exact) mass is 341 g/mol. The van der Waals surface area contributed by atoms with E-state index < -0.39 is 26.9 Å². The fourth-order valence-electron chi connectivity index (χ4n) is 2.48. The summed E-state index contributed by atoms with van der Waals surface area (Å²) in [7, 11) is 0. The van der Waals surface area contributed by atoms with Crippen LogP contribution in [0.3, 0.4) is 0 Å². The summed E-state index contributed by atoms with van der Waals surface area (Å²) in [5.41, 5.74) is -2.22. The van der Waals surface area contributed by atoms with Gasteiger partial charge in [-0.3, -0.25) is 30.1 Å². The first-order valence-electron chi connectivity index (χ1n) is 6.89. The number of nitrogens with one attached hydrogen (secondary N) is 2. The minimum absolute atomic E-state index is 0.0435. The van der Waals surface area contributed by atoms with E-state index in [0.717, 1.165) is 6.07 Å². The van der Waals surface area contributed by atoms with E-state index in [1.54, 1.807) is 0 Å². The Morgan fingerprint density at radius 3 is 2.21 bits per heavy atom. The number of benzene rings is 1. The van der Waals surface area contributed by atoms with E-state index in [4.69, 9.17) is 10.2 Å². The highest BCUT2D eigenvalue weighted by atomic mass is 16.6. The van der Waals surface area contributed by atoms with Gasteiger partial charge >= 0.3 is 11.4 Å². The summed E-state index contributed by atoms with van der Waals surface area (Å²) in [6.45, 7) is -0.681. The third-order valence-electron chi connectivity index (χ3n) is 3.46. The molecule has 0 aliphatic heterocycles. The highest BCUT2D eigenvalue weighted by Crippen LogP contribution is 2.35. The number of H-pyrrole nitrogens is 2. The Labute approximate surface area is 133 Å². The maximum atomic E-state index is 11.4. The van der Waals surface area contributed by atoms with Crippen molar-refractivity contribution in [3.63, 3.8) is 0 Å². The van der Waals surface area contributed by atoms with E-state index in [2.05, 4.69) is 9.97 Å². The van der Waals surface area contributed by atoms with Crippen LogP contribution in [0.2, 0.25) is 0 Å². The first-order chi connectivity index (χ1) is 11.4. The molecule has 0 unspecified atom stereocenters. The zero-order valence-electron chi connectivity index (χ0n) is 12.4. The van der Waals surface area contributed by atoms with Crippen LogP contribution in [0.4, 0.5) is 11.4 Å². The fraction of sp³-hybridized carbons (Fsp3) is 0.417. The molecule has 12 nitrogen and oxygen atoms in total. The fourth-order valence-corrected chi connectivity index (χ4v) is 2.48. The number of aliphatic hydroxyl groups is 2. The third-order valence-corrected chi connectivity index (χ3v) is 3.46. The molecule has 0 atom stereocenters. The second-order valence-corrected chi connectivity index (χ2v) is 4.96. The van der Waals surface area contributed by atoms with Crippen LogP contribution in [0.1, 0.15) is 5.56 Å². The first kappa shape index (κ1) is 17.5. The highest BCUT2D eigenvalue weighted by molar-refractivity contribution is 5.89. The average molecular weight is 341 g/mol. The van der Waals surface area contributed by atoms with Crippen molar-refractivity contribution in [3.8, 4) is 0 Å². The quantitative estimate of drug-likeness (QED) is 0.365. The van der Waals surface area contributed by atoms with Gasteiger partial charge in [0.25, 0.3) is 5.69 Å². The summed E-state index contributed by atoms with van der Waals surface area (Å²) in [4.78, 5) is 38.5. The smallest absolute Gasteiger partial charge is 0.324 e. The lowest BCUT2D eigenvalue weighted by Gasteiger charge is -2.20. The van der Waals surface area contributed by atoms with Gasteiger partial charge in [0.1, 0.15) is 11.1 Å². The van der Waals surface area contributed by atoms with Gasteiger partial charge in [-0.15, -0.1) is 0 Å². The Kier molecular flexibility index (Phi) is 5.23. The van der Waals surface area contributed by atoms with Crippen LogP contribution >= 0.6 is 0 Å². The maximum absolute atomic E-state index is 11.4. The summed E-state index contributed by atoms with van der Waals surface area (Å²) in [5, 5.41) is 40.8. The van der Waals surface area contributed by atoms with E-state index in [-0.39, 0.29) is 49.4 Å². The molecule has 0 bridgehead atoms.